The minimum Gasteiger partial charge on any atom is -0.350 e. The number of halogens is 3. The highest BCUT2D eigenvalue weighted by molar-refractivity contribution is 5.95. The standard InChI is InChI=1S/C18H23F3N4O/c1-5-12-6-8-13(9-7-12)15(24(2)3)10-22-17(26)14-11-25(4)23-16(14)18(19,20)21/h6-9,11,15H,5,10H2,1-4H3,(H,22,26). The van der Waals surface area contributed by atoms with Gasteiger partial charge in [0, 0.05) is 19.8 Å². The molecule has 1 heterocycles. The molecule has 1 aromatic heterocycles. The first-order chi connectivity index (χ1) is 12.1. The van der Waals surface area contributed by atoms with E-state index in [2.05, 4.69) is 17.3 Å². The molecule has 26 heavy (non-hydrogen) atoms. The predicted molar refractivity (Wildman–Crippen MR) is 92.8 cm³/mol. The number of alkyl halides is 3. The summed E-state index contributed by atoms with van der Waals surface area (Å²) in [6, 6.07) is 7.81. The maximum absolute atomic E-state index is 13.0. The lowest BCUT2D eigenvalue weighted by Gasteiger charge is -2.25. The molecule has 0 aliphatic heterocycles. The summed E-state index contributed by atoms with van der Waals surface area (Å²) in [6.07, 6.45) is -2.67. The van der Waals surface area contributed by atoms with Gasteiger partial charge in [0.2, 0.25) is 0 Å². The van der Waals surface area contributed by atoms with Crippen molar-refractivity contribution in [3.05, 3.63) is 52.8 Å². The van der Waals surface area contributed by atoms with Crippen LogP contribution in [0.5, 0.6) is 0 Å². The number of hydrogen-bond acceptors (Lipinski definition) is 3. The van der Waals surface area contributed by atoms with E-state index in [0.29, 0.717) is 0 Å². The number of nitrogens with one attached hydrogen (secondary N) is 1. The van der Waals surface area contributed by atoms with E-state index < -0.39 is 23.3 Å². The third-order valence-corrected chi connectivity index (χ3v) is 4.19. The third kappa shape index (κ3) is 4.63. The Hall–Kier alpha value is -2.35. The lowest BCUT2D eigenvalue weighted by Crippen LogP contribution is -2.35. The van der Waals surface area contributed by atoms with Gasteiger partial charge < -0.3 is 10.2 Å². The molecular formula is C18H23F3N4O. The Morgan fingerprint density at radius 2 is 1.88 bits per heavy atom. The summed E-state index contributed by atoms with van der Waals surface area (Å²) in [7, 11) is 5.06. The summed E-state index contributed by atoms with van der Waals surface area (Å²) in [4.78, 5) is 14.2. The van der Waals surface area contributed by atoms with Gasteiger partial charge in [0.1, 0.15) is 0 Å². The second kappa shape index (κ2) is 7.90. The summed E-state index contributed by atoms with van der Waals surface area (Å²) in [5.41, 5.74) is 0.528. The minimum absolute atomic E-state index is 0.157. The first-order valence-corrected chi connectivity index (χ1v) is 8.27. The van der Waals surface area contributed by atoms with Crippen LogP contribution in [0.4, 0.5) is 13.2 Å². The number of hydrogen-bond donors (Lipinski definition) is 1. The molecule has 2 aromatic rings. The van der Waals surface area contributed by atoms with E-state index >= 15 is 0 Å². The fraction of sp³-hybridized carbons (Fsp3) is 0.444. The molecule has 1 N–H and O–H groups in total. The number of likely N-dealkylation sites (N-methyl/N-ethyl adjacent to an activating group) is 1. The number of nitrogens with zero attached hydrogens (tertiary/aromatic N) is 3. The SMILES string of the molecule is CCc1ccc(C(CNC(=O)c2cn(C)nc2C(F)(F)F)N(C)C)cc1. The van der Waals surface area contributed by atoms with Crippen LogP contribution in [-0.2, 0) is 19.6 Å². The molecule has 8 heteroatoms. The van der Waals surface area contributed by atoms with Crippen LogP contribution in [-0.4, -0.2) is 41.2 Å². The van der Waals surface area contributed by atoms with Gasteiger partial charge in [-0.05, 0) is 31.6 Å². The van der Waals surface area contributed by atoms with Crippen LogP contribution in [0.2, 0.25) is 0 Å². The first-order valence-electron chi connectivity index (χ1n) is 8.27. The Bertz CT molecular complexity index is 751. The molecule has 0 fully saturated rings. The molecular weight excluding hydrogens is 345 g/mol. The Labute approximate surface area is 150 Å². The monoisotopic (exact) mass is 368 g/mol. The predicted octanol–water partition coefficient (Wildman–Crippen LogP) is 3.03. The van der Waals surface area contributed by atoms with Crippen LogP contribution in [0.15, 0.2) is 30.5 Å². The van der Waals surface area contributed by atoms with Crippen LogP contribution >= 0.6 is 0 Å². The summed E-state index contributed by atoms with van der Waals surface area (Å²) in [5.74, 6) is -0.789. The van der Waals surface area contributed by atoms with Crippen LogP contribution in [0.1, 0.15) is 40.1 Å². The van der Waals surface area contributed by atoms with Gasteiger partial charge in [0.15, 0.2) is 5.69 Å². The van der Waals surface area contributed by atoms with Crippen molar-refractivity contribution in [2.24, 2.45) is 7.05 Å². The van der Waals surface area contributed by atoms with Crippen LogP contribution in [0, 0.1) is 0 Å². The van der Waals surface area contributed by atoms with Crippen molar-refractivity contribution in [1.82, 2.24) is 20.0 Å². The molecule has 1 unspecified atom stereocenters. The Morgan fingerprint density at radius 3 is 2.38 bits per heavy atom. The van der Waals surface area contributed by atoms with E-state index in [-0.39, 0.29) is 12.6 Å². The highest BCUT2D eigenvalue weighted by Crippen LogP contribution is 2.30. The van der Waals surface area contributed by atoms with Gasteiger partial charge >= 0.3 is 6.18 Å². The van der Waals surface area contributed by atoms with Crippen molar-refractivity contribution >= 4 is 5.91 Å². The number of benzene rings is 1. The minimum atomic E-state index is -4.68. The zero-order valence-corrected chi connectivity index (χ0v) is 15.3. The van der Waals surface area contributed by atoms with Crippen molar-refractivity contribution in [2.45, 2.75) is 25.6 Å². The zero-order chi connectivity index (χ0) is 19.5. The molecule has 1 amide bonds. The molecule has 1 atom stereocenters. The average molecular weight is 368 g/mol. The summed E-state index contributed by atoms with van der Waals surface area (Å²) < 4.78 is 40.1. The van der Waals surface area contributed by atoms with Gasteiger partial charge in [-0.25, -0.2) is 0 Å². The number of carbonyl (C=O) groups is 1. The van der Waals surface area contributed by atoms with E-state index in [1.807, 2.05) is 43.3 Å². The van der Waals surface area contributed by atoms with E-state index in [1.54, 1.807) is 0 Å². The Morgan fingerprint density at radius 1 is 1.27 bits per heavy atom. The van der Waals surface area contributed by atoms with Crippen LogP contribution < -0.4 is 5.32 Å². The highest BCUT2D eigenvalue weighted by Gasteiger charge is 2.39. The molecule has 2 rings (SSSR count). The van der Waals surface area contributed by atoms with E-state index in [4.69, 9.17) is 0 Å². The largest absolute Gasteiger partial charge is 0.435 e. The molecule has 0 aliphatic rings. The molecule has 0 saturated carbocycles. The Kier molecular flexibility index (Phi) is 6.07. The topological polar surface area (TPSA) is 50.2 Å². The molecule has 142 valence electrons. The van der Waals surface area contributed by atoms with Gasteiger partial charge in [-0.2, -0.15) is 18.3 Å². The summed E-state index contributed by atoms with van der Waals surface area (Å²) in [6.45, 7) is 2.24. The molecule has 0 spiro atoms. The Balaban J connectivity index is 2.15. The average Bonchev–Trinajstić information content (AvgIpc) is 2.97. The van der Waals surface area contributed by atoms with Gasteiger partial charge in [-0.1, -0.05) is 31.2 Å². The van der Waals surface area contributed by atoms with Crippen molar-refractivity contribution in [3.63, 3.8) is 0 Å². The van der Waals surface area contributed by atoms with E-state index in [0.717, 1.165) is 22.9 Å². The van der Waals surface area contributed by atoms with Crippen molar-refractivity contribution in [3.8, 4) is 0 Å². The molecule has 0 saturated heterocycles. The lowest BCUT2D eigenvalue weighted by molar-refractivity contribution is -0.141. The second-order valence-corrected chi connectivity index (χ2v) is 6.35. The van der Waals surface area contributed by atoms with Crippen molar-refractivity contribution < 1.29 is 18.0 Å². The van der Waals surface area contributed by atoms with Gasteiger partial charge in [0.05, 0.1) is 11.6 Å². The maximum Gasteiger partial charge on any atom is 0.435 e. The number of carbonyl (C=O) groups excluding carboxylic acids is 1. The van der Waals surface area contributed by atoms with E-state index in [9.17, 15) is 18.0 Å². The van der Waals surface area contributed by atoms with Crippen LogP contribution in [0.25, 0.3) is 0 Å². The molecule has 0 bridgehead atoms. The number of aromatic nitrogens is 2. The normalized spacial score (nSPS) is 13.1. The summed E-state index contributed by atoms with van der Waals surface area (Å²) >= 11 is 0. The van der Waals surface area contributed by atoms with Crippen LogP contribution in [0.3, 0.4) is 0 Å². The third-order valence-electron chi connectivity index (χ3n) is 4.19. The molecule has 1 aromatic carbocycles. The van der Waals surface area contributed by atoms with Crippen molar-refractivity contribution in [2.75, 3.05) is 20.6 Å². The smallest absolute Gasteiger partial charge is 0.350 e. The number of rotatable bonds is 6. The quantitative estimate of drug-likeness (QED) is 0.853. The fourth-order valence-corrected chi connectivity index (χ4v) is 2.72. The number of aryl methyl sites for hydroxylation is 2. The van der Waals surface area contributed by atoms with Crippen molar-refractivity contribution in [1.29, 1.82) is 0 Å². The lowest BCUT2D eigenvalue weighted by atomic mass is 10.0. The number of amides is 1. The fourth-order valence-electron chi connectivity index (χ4n) is 2.72. The van der Waals surface area contributed by atoms with Gasteiger partial charge in [0.25, 0.3) is 5.91 Å². The first kappa shape index (κ1) is 20.0. The van der Waals surface area contributed by atoms with Gasteiger partial charge in [-0.15, -0.1) is 0 Å². The molecule has 5 nitrogen and oxygen atoms in total. The molecule has 0 aliphatic carbocycles. The van der Waals surface area contributed by atoms with E-state index in [1.165, 1.54) is 12.6 Å². The maximum atomic E-state index is 13.0. The second-order valence-electron chi connectivity index (χ2n) is 6.35. The zero-order valence-electron chi connectivity index (χ0n) is 15.3. The highest BCUT2D eigenvalue weighted by atomic mass is 19.4. The summed E-state index contributed by atoms with van der Waals surface area (Å²) in [5, 5.41) is 5.96. The van der Waals surface area contributed by atoms with Gasteiger partial charge in [-0.3, -0.25) is 9.48 Å². The molecule has 0 radical (unpaired) electrons.